The number of rotatable bonds is 6. The molecule has 1 aromatic carbocycles. The molecule has 0 saturated heterocycles. The van der Waals surface area contributed by atoms with Crippen LogP contribution < -0.4 is 11.1 Å². The highest BCUT2D eigenvalue weighted by atomic mass is 35.5. The van der Waals surface area contributed by atoms with Crippen LogP contribution in [0.3, 0.4) is 0 Å². The Labute approximate surface area is 181 Å². The van der Waals surface area contributed by atoms with Crippen LogP contribution in [-0.4, -0.2) is 30.0 Å². The minimum Gasteiger partial charge on any atom is -0.359 e. The van der Waals surface area contributed by atoms with Gasteiger partial charge in [-0.15, -0.1) is 23.7 Å². The van der Waals surface area contributed by atoms with Gasteiger partial charge in [-0.05, 0) is 56.3 Å². The molecule has 1 saturated carbocycles. The lowest BCUT2D eigenvalue weighted by atomic mass is 9.86. The van der Waals surface area contributed by atoms with E-state index in [2.05, 4.69) is 10.3 Å². The third-order valence-corrected chi connectivity index (χ3v) is 7.72. The molecule has 1 fully saturated rings. The van der Waals surface area contributed by atoms with E-state index in [9.17, 15) is 8.42 Å². The van der Waals surface area contributed by atoms with Crippen LogP contribution in [0.2, 0.25) is 0 Å². The second kappa shape index (κ2) is 9.30. The van der Waals surface area contributed by atoms with Crippen LogP contribution in [0.4, 0.5) is 5.13 Å². The zero-order valence-corrected chi connectivity index (χ0v) is 18.3. The number of nitrogens with one attached hydrogen (secondary N) is 1. The molecule has 0 bridgehead atoms. The largest absolute Gasteiger partial charge is 0.359 e. The van der Waals surface area contributed by atoms with Crippen molar-refractivity contribution in [1.29, 1.82) is 0 Å². The van der Waals surface area contributed by atoms with Gasteiger partial charge in [0, 0.05) is 29.4 Å². The molecular formula is C20H25ClN4O2S2. The maximum atomic E-state index is 12.7. The molecule has 3 aromatic rings. The first-order valence-corrected chi connectivity index (χ1v) is 11.8. The number of thiazole rings is 1. The Morgan fingerprint density at radius 3 is 2.55 bits per heavy atom. The molecule has 1 aliphatic carbocycles. The fourth-order valence-electron chi connectivity index (χ4n) is 3.58. The van der Waals surface area contributed by atoms with Crippen LogP contribution in [0, 0.1) is 5.92 Å². The zero-order chi connectivity index (χ0) is 19.6. The second-order valence-corrected chi connectivity index (χ2v) is 9.89. The third-order valence-electron chi connectivity index (χ3n) is 5.29. The number of aromatic nitrogens is 2. The number of anilines is 1. The van der Waals surface area contributed by atoms with Crippen molar-refractivity contribution in [1.82, 2.24) is 8.96 Å². The molecule has 3 N–H and O–H groups in total. The molecule has 0 spiro atoms. The average Bonchev–Trinajstić information content (AvgIpc) is 3.39. The van der Waals surface area contributed by atoms with Crippen molar-refractivity contribution in [3.05, 3.63) is 54.2 Å². The molecule has 0 radical (unpaired) electrons. The number of hydrogen-bond acceptors (Lipinski definition) is 6. The van der Waals surface area contributed by atoms with Gasteiger partial charge in [-0.3, -0.25) is 0 Å². The molecule has 0 aliphatic heterocycles. The number of benzene rings is 1. The van der Waals surface area contributed by atoms with Gasteiger partial charge in [0.2, 0.25) is 0 Å². The van der Waals surface area contributed by atoms with Gasteiger partial charge in [0.05, 0.1) is 10.6 Å². The van der Waals surface area contributed by atoms with Gasteiger partial charge in [0.1, 0.15) is 0 Å². The summed E-state index contributed by atoms with van der Waals surface area (Å²) in [4.78, 5) is 4.93. The molecule has 2 aromatic heterocycles. The molecule has 4 rings (SSSR count). The monoisotopic (exact) mass is 452 g/mol. The van der Waals surface area contributed by atoms with Crippen LogP contribution >= 0.6 is 23.7 Å². The average molecular weight is 453 g/mol. The molecule has 0 unspecified atom stereocenters. The number of nitrogens with zero attached hydrogens (tertiary/aromatic N) is 2. The summed E-state index contributed by atoms with van der Waals surface area (Å²) in [5, 5.41) is 6.36. The molecule has 0 atom stereocenters. The lowest BCUT2D eigenvalue weighted by Gasteiger charge is -2.28. The molecule has 2 heterocycles. The first-order chi connectivity index (χ1) is 13.6. The molecule has 6 nitrogen and oxygen atoms in total. The van der Waals surface area contributed by atoms with E-state index in [1.165, 1.54) is 3.97 Å². The number of hydrogen-bond donors (Lipinski definition) is 2. The number of halogens is 1. The van der Waals surface area contributed by atoms with E-state index in [0.29, 0.717) is 12.0 Å². The highest BCUT2D eigenvalue weighted by Gasteiger charge is 2.21. The Morgan fingerprint density at radius 2 is 1.86 bits per heavy atom. The Hall–Kier alpha value is -1.87. The van der Waals surface area contributed by atoms with E-state index in [-0.39, 0.29) is 17.3 Å². The summed E-state index contributed by atoms with van der Waals surface area (Å²) < 4.78 is 26.7. The van der Waals surface area contributed by atoms with Crippen LogP contribution in [0.25, 0.3) is 11.3 Å². The summed E-state index contributed by atoms with van der Waals surface area (Å²) in [6, 6.07) is 10.6. The van der Waals surface area contributed by atoms with Crippen molar-refractivity contribution in [2.45, 2.75) is 36.6 Å². The van der Waals surface area contributed by atoms with Crippen LogP contribution in [-0.2, 0) is 10.0 Å². The lowest BCUT2D eigenvalue weighted by molar-refractivity contribution is 0.345. The summed E-state index contributed by atoms with van der Waals surface area (Å²) in [7, 11) is -3.58. The maximum Gasteiger partial charge on any atom is 0.267 e. The fourth-order valence-corrected chi connectivity index (χ4v) is 5.60. The van der Waals surface area contributed by atoms with Crippen molar-refractivity contribution in [2.75, 3.05) is 11.9 Å². The summed E-state index contributed by atoms with van der Waals surface area (Å²) >= 11 is 1.55. The Bertz CT molecular complexity index is 1030. The van der Waals surface area contributed by atoms with E-state index in [4.69, 9.17) is 5.73 Å². The molecular weight excluding hydrogens is 428 g/mol. The van der Waals surface area contributed by atoms with Crippen LogP contribution in [0.15, 0.2) is 59.1 Å². The second-order valence-electron chi connectivity index (χ2n) is 7.18. The van der Waals surface area contributed by atoms with Crippen molar-refractivity contribution in [3.63, 3.8) is 0 Å². The molecule has 29 heavy (non-hydrogen) atoms. The fraction of sp³-hybridized carbons (Fsp3) is 0.350. The minimum absolute atomic E-state index is 0. The number of nitrogens with two attached hydrogens (primary N) is 1. The zero-order valence-electron chi connectivity index (χ0n) is 15.9. The van der Waals surface area contributed by atoms with Gasteiger partial charge in [-0.1, -0.05) is 18.2 Å². The summed E-state index contributed by atoms with van der Waals surface area (Å²) in [6.07, 6.45) is 7.73. The predicted octanol–water partition coefficient (Wildman–Crippen LogP) is 4.20. The standard InChI is InChI=1S/C20H24N4O2S2.ClH/c21-12-15-6-8-17(9-7-15)22-20-23-19(14-27-20)16-10-11-24(13-16)28(25,26)18-4-2-1-3-5-18;/h1-5,10-11,13-15,17H,6-9,12,21H2,(H,22,23);1H/t15-,17-;. The van der Waals surface area contributed by atoms with Crippen molar-refractivity contribution >= 4 is 38.9 Å². The van der Waals surface area contributed by atoms with E-state index in [1.807, 2.05) is 5.38 Å². The predicted molar refractivity (Wildman–Crippen MR) is 120 cm³/mol. The normalized spacial score (nSPS) is 19.5. The first-order valence-electron chi connectivity index (χ1n) is 9.47. The van der Waals surface area contributed by atoms with Crippen molar-refractivity contribution < 1.29 is 8.42 Å². The topological polar surface area (TPSA) is 90.0 Å². The highest BCUT2D eigenvalue weighted by Crippen LogP contribution is 2.30. The van der Waals surface area contributed by atoms with Gasteiger partial charge >= 0.3 is 0 Å². The van der Waals surface area contributed by atoms with Gasteiger partial charge in [0.15, 0.2) is 5.13 Å². The van der Waals surface area contributed by atoms with E-state index in [1.54, 1.807) is 60.1 Å². The molecule has 156 valence electrons. The van der Waals surface area contributed by atoms with Gasteiger partial charge in [0.25, 0.3) is 10.0 Å². The summed E-state index contributed by atoms with van der Waals surface area (Å²) in [5.74, 6) is 0.649. The van der Waals surface area contributed by atoms with Crippen molar-refractivity contribution in [2.24, 2.45) is 11.7 Å². The van der Waals surface area contributed by atoms with E-state index in [0.717, 1.165) is 48.6 Å². The third kappa shape index (κ3) is 4.83. The first kappa shape index (κ1) is 21.8. The maximum absolute atomic E-state index is 12.7. The van der Waals surface area contributed by atoms with E-state index >= 15 is 0 Å². The SMILES string of the molecule is Cl.NC[C@H]1CC[C@H](Nc2nc(-c3ccn(S(=O)(=O)c4ccccc4)c3)cs2)CC1. The smallest absolute Gasteiger partial charge is 0.267 e. The van der Waals surface area contributed by atoms with Crippen LogP contribution in [0.5, 0.6) is 0 Å². The van der Waals surface area contributed by atoms with Gasteiger partial charge in [-0.25, -0.2) is 17.4 Å². The Kier molecular flexibility index (Phi) is 7.00. The Balaban J connectivity index is 0.00000240. The van der Waals surface area contributed by atoms with E-state index < -0.39 is 10.0 Å². The lowest BCUT2D eigenvalue weighted by Crippen LogP contribution is -2.29. The van der Waals surface area contributed by atoms with Gasteiger partial charge in [-0.2, -0.15) is 0 Å². The molecule has 1 aliphatic rings. The van der Waals surface area contributed by atoms with Gasteiger partial charge < -0.3 is 11.1 Å². The Morgan fingerprint density at radius 1 is 1.14 bits per heavy atom. The van der Waals surface area contributed by atoms with Crippen LogP contribution in [0.1, 0.15) is 25.7 Å². The highest BCUT2D eigenvalue weighted by molar-refractivity contribution is 7.90. The minimum atomic E-state index is -3.58. The molecule has 9 heteroatoms. The summed E-state index contributed by atoms with van der Waals surface area (Å²) in [6.45, 7) is 0.775. The summed E-state index contributed by atoms with van der Waals surface area (Å²) in [5.41, 5.74) is 7.33. The van der Waals surface area contributed by atoms with Crippen molar-refractivity contribution in [3.8, 4) is 11.3 Å². The molecule has 0 amide bonds. The quantitative estimate of drug-likeness (QED) is 0.585.